The zero-order valence-corrected chi connectivity index (χ0v) is 9.58. The Morgan fingerprint density at radius 3 is 1.83 bits per heavy atom. The van der Waals surface area contributed by atoms with Crippen molar-refractivity contribution in [1.82, 2.24) is 0 Å². The van der Waals surface area contributed by atoms with Gasteiger partial charge in [0.25, 0.3) is 0 Å². The first kappa shape index (κ1) is 12.3. The normalized spacial score (nSPS) is 12.0. The molecule has 0 aliphatic heterocycles. The average Bonchev–Trinajstić information content (AvgIpc) is 1.94. The second-order valence-electron chi connectivity index (χ2n) is 4.77. The van der Waals surface area contributed by atoms with Gasteiger partial charge >= 0.3 is 0 Å². The Morgan fingerprint density at radius 2 is 1.33 bits per heavy atom. The Labute approximate surface area is 82.7 Å². The predicted octanol–water partition coefficient (Wildman–Crippen LogP) is 4.61. The van der Waals surface area contributed by atoms with E-state index in [1.165, 1.54) is 38.5 Å². The van der Waals surface area contributed by atoms with Crippen molar-refractivity contribution in [3.05, 3.63) is 0 Å². The highest BCUT2D eigenvalue weighted by Gasteiger charge is 2.08. The van der Waals surface area contributed by atoms with E-state index < -0.39 is 0 Å². The number of halogens is 1. The lowest BCUT2D eigenvalue weighted by atomic mass is 9.89. The monoisotopic (exact) mass is 190 g/mol. The fraction of sp³-hybridized carbons (Fsp3) is 1.00. The number of unbranched alkanes of at least 4 members (excludes halogenated alkanes) is 4. The molecule has 0 heterocycles. The third-order valence-corrected chi connectivity index (χ3v) is 2.33. The summed E-state index contributed by atoms with van der Waals surface area (Å²) >= 11 is 5.59. The highest BCUT2D eigenvalue weighted by Crippen LogP contribution is 2.22. The highest BCUT2D eigenvalue weighted by molar-refractivity contribution is 6.17. The standard InChI is InChI=1S/C11H23Cl/c1-11(2,3)9-7-5-4-6-8-10-12/h4-10H2,1-3H3. The van der Waals surface area contributed by atoms with Gasteiger partial charge in [-0.2, -0.15) is 0 Å². The van der Waals surface area contributed by atoms with E-state index in [-0.39, 0.29) is 0 Å². The van der Waals surface area contributed by atoms with E-state index in [1.807, 2.05) is 0 Å². The molecule has 0 amide bonds. The van der Waals surface area contributed by atoms with Crippen molar-refractivity contribution < 1.29 is 0 Å². The van der Waals surface area contributed by atoms with E-state index in [2.05, 4.69) is 20.8 Å². The summed E-state index contributed by atoms with van der Waals surface area (Å²) in [6.07, 6.45) is 7.99. The van der Waals surface area contributed by atoms with E-state index >= 15 is 0 Å². The minimum absolute atomic E-state index is 0.520. The Balaban J connectivity index is 3.01. The van der Waals surface area contributed by atoms with Crippen molar-refractivity contribution in [2.45, 2.75) is 59.3 Å². The Bertz CT molecular complexity index is 91.7. The highest BCUT2D eigenvalue weighted by atomic mass is 35.5. The van der Waals surface area contributed by atoms with Crippen LogP contribution in [0.5, 0.6) is 0 Å². The summed E-state index contributed by atoms with van der Waals surface area (Å²) in [5.41, 5.74) is 0.520. The molecule has 0 spiro atoms. The fourth-order valence-electron chi connectivity index (χ4n) is 1.28. The summed E-state index contributed by atoms with van der Waals surface area (Å²) in [5.74, 6) is 0.833. The van der Waals surface area contributed by atoms with Crippen molar-refractivity contribution in [3.8, 4) is 0 Å². The third-order valence-electron chi connectivity index (χ3n) is 2.06. The van der Waals surface area contributed by atoms with Crippen molar-refractivity contribution in [2.75, 3.05) is 5.88 Å². The first-order valence-electron chi connectivity index (χ1n) is 5.12. The summed E-state index contributed by atoms with van der Waals surface area (Å²) in [4.78, 5) is 0. The van der Waals surface area contributed by atoms with E-state index in [0.29, 0.717) is 5.41 Å². The maximum atomic E-state index is 5.59. The molecule has 12 heavy (non-hydrogen) atoms. The molecule has 1 heteroatoms. The number of rotatable bonds is 6. The molecule has 0 aromatic heterocycles. The topological polar surface area (TPSA) is 0 Å². The van der Waals surface area contributed by atoms with E-state index in [1.54, 1.807) is 0 Å². The minimum atomic E-state index is 0.520. The molecule has 0 fully saturated rings. The number of alkyl halides is 1. The van der Waals surface area contributed by atoms with Crippen LogP contribution in [-0.2, 0) is 0 Å². The molecule has 0 N–H and O–H groups in total. The maximum Gasteiger partial charge on any atom is 0.0223 e. The maximum absolute atomic E-state index is 5.59. The van der Waals surface area contributed by atoms with Gasteiger partial charge in [0.1, 0.15) is 0 Å². The van der Waals surface area contributed by atoms with Gasteiger partial charge in [-0.1, -0.05) is 46.5 Å². The quantitative estimate of drug-likeness (QED) is 0.424. The molecule has 0 radical (unpaired) electrons. The van der Waals surface area contributed by atoms with Crippen LogP contribution in [0.1, 0.15) is 59.3 Å². The van der Waals surface area contributed by atoms with Crippen LogP contribution in [0.15, 0.2) is 0 Å². The van der Waals surface area contributed by atoms with E-state index in [0.717, 1.165) is 5.88 Å². The van der Waals surface area contributed by atoms with Crippen LogP contribution in [0.2, 0.25) is 0 Å². The van der Waals surface area contributed by atoms with Crippen molar-refractivity contribution in [3.63, 3.8) is 0 Å². The van der Waals surface area contributed by atoms with Crippen molar-refractivity contribution >= 4 is 11.6 Å². The lowest BCUT2D eigenvalue weighted by Gasteiger charge is -2.17. The zero-order chi connectivity index (χ0) is 9.45. The van der Waals surface area contributed by atoms with Crippen molar-refractivity contribution in [2.24, 2.45) is 5.41 Å². The molecule has 0 nitrogen and oxygen atoms in total. The zero-order valence-electron chi connectivity index (χ0n) is 8.83. The SMILES string of the molecule is CC(C)(C)CCCCCCCCl. The molecule has 74 valence electrons. The molecule has 0 saturated heterocycles. The molecular weight excluding hydrogens is 168 g/mol. The van der Waals surface area contributed by atoms with Crippen LogP contribution < -0.4 is 0 Å². The second-order valence-corrected chi connectivity index (χ2v) is 5.15. The first-order chi connectivity index (χ1) is 5.56. The summed E-state index contributed by atoms with van der Waals surface area (Å²) in [6.45, 7) is 6.93. The van der Waals surface area contributed by atoms with E-state index in [4.69, 9.17) is 11.6 Å². The molecule has 0 aliphatic rings. The molecule has 0 saturated carbocycles. The molecular formula is C11H23Cl. The molecule has 0 rings (SSSR count). The summed E-state index contributed by atoms with van der Waals surface area (Å²) < 4.78 is 0. The summed E-state index contributed by atoms with van der Waals surface area (Å²) in [6, 6.07) is 0. The predicted molar refractivity (Wildman–Crippen MR) is 57.9 cm³/mol. The summed E-state index contributed by atoms with van der Waals surface area (Å²) in [5, 5.41) is 0. The number of hydrogen-bond donors (Lipinski definition) is 0. The van der Waals surface area contributed by atoms with Gasteiger partial charge in [-0.3, -0.25) is 0 Å². The largest absolute Gasteiger partial charge is 0.127 e. The minimum Gasteiger partial charge on any atom is -0.127 e. The summed E-state index contributed by atoms with van der Waals surface area (Å²) in [7, 11) is 0. The molecule has 0 bridgehead atoms. The van der Waals surface area contributed by atoms with Crippen LogP contribution >= 0.6 is 11.6 Å². The Hall–Kier alpha value is 0.290. The van der Waals surface area contributed by atoms with Gasteiger partial charge in [0.15, 0.2) is 0 Å². The van der Waals surface area contributed by atoms with Gasteiger partial charge in [-0.15, -0.1) is 11.6 Å². The van der Waals surface area contributed by atoms with Gasteiger partial charge in [0, 0.05) is 5.88 Å². The first-order valence-corrected chi connectivity index (χ1v) is 5.66. The van der Waals surface area contributed by atoms with Crippen LogP contribution in [0.25, 0.3) is 0 Å². The van der Waals surface area contributed by atoms with Crippen molar-refractivity contribution in [1.29, 1.82) is 0 Å². The van der Waals surface area contributed by atoms with Crippen LogP contribution in [0.3, 0.4) is 0 Å². The van der Waals surface area contributed by atoms with Gasteiger partial charge in [-0.25, -0.2) is 0 Å². The molecule has 0 aliphatic carbocycles. The average molecular weight is 191 g/mol. The van der Waals surface area contributed by atoms with Gasteiger partial charge in [0.2, 0.25) is 0 Å². The second kappa shape index (κ2) is 6.77. The fourth-order valence-corrected chi connectivity index (χ4v) is 1.47. The third kappa shape index (κ3) is 10.3. The van der Waals surface area contributed by atoms with Gasteiger partial charge in [-0.05, 0) is 18.3 Å². The van der Waals surface area contributed by atoms with Crippen LogP contribution in [0.4, 0.5) is 0 Å². The van der Waals surface area contributed by atoms with Gasteiger partial charge < -0.3 is 0 Å². The molecule has 0 aromatic carbocycles. The lowest BCUT2D eigenvalue weighted by molar-refractivity contribution is 0.357. The Morgan fingerprint density at radius 1 is 0.833 bits per heavy atom. The smallest absolute Gasteiger partial charge is 0.0223 e. The lowest BCUT2D eigenvalue weighted by Crippen LogP contribution is -2.03. The molecule has 0 unspecified atom stereocenters. The van der Waals surface area contributed by atoms with Crippen LogP contribution in [0, 0.1) is 5.41 Å². The Kier molecular flexibility index (Phi) is 6.93. The van der Waals surface area contributed by atoms with Gasteiger partial charge in [0.05, 0.1) is 0 Å². The molecule has 0 aromatic rings. The molecule has 0 atom stereocenters. The van der Waals surface area contributed by atoms with Crippen LogP contribution in [-0.4, -0.2) is 5.88 Å². The number of hydrogen-bond acceptors (Lipinski definition) is 0. The van der Waals surface area contributed by atoms with E-state index in [9.17, 15) is 0 Å².